The average molecular weight is 261 g/mol. The van der Waals surface area contributed by atoms with E-state index in [0.29, 0.717) is 6.54 Å². The monoisotopic (exact) mass is 261 g/mol. The molecule has 2 nitrogen and oxygen atoms in total. The summed E-state index contributed by atoms with van der Waals surface area (Å²) < 4.78 is 0. The largest absolute Gasteiger partial charge is 0.317 e. The lowest BCUT2D eigenvalue weighted by Gasteiger charge is -2.00. The normalized spacial score (nSPS) is 23.9. The molecule has 0 heterocycles. The molecule has 0 unspecified atom stereocenters. The van der Waals surface area contributed by atoms with E-state index in [1.165, 1.54) is 5.56 Å². The molecule has 3 rings (SSSR count). The van der Waals surface area contributed by atoms with Gasteiger partial charge in [-0.25, -0.2) is 6.57 Å². The SMILES string of the molecule is [C-]#[N+]C[C@@H]1[C@@H](C(=O)c2ccccc2)[C@@H]1c1ccccc1. The predicted octanol–water partition coefficient (Wildman–Crippen LogP) is 3.82. The molecule has 2 aromatic carbocycles. The lowest BCUT2D eigenvalue weighted by molar-refractivity contribution is 0.0960. The van der Waals surface area contributed by atoms with Gasteiger partial charge >= 0.3 is 0 Å². The first kappa shape index (κ1) is 12.6. The van der Waals surface area contributed by atoms with E-state index in [-0.39, 0.29) is 23.5 Å². The number of nitrogens with zero attached hydrogens (tertiary/aromatic N) is 1. The Balaban J connectivity index is 1.86. The van der Waals surface area contributed by atoms with Crippen molar-refractivity contribution in [3.63, 3.8) is 0 Å². The second-order valence-corrected chi connectivity index (χ2v) is 5.20. The Hall–Kier alpha value is -2.40. The maximum atomic E-state index is 12.6. The molecular formula is C18H15NO. The molecule has 0 radical (unpaired) electrons. The molecule has 0 N–H and O–H groups in total. The van der Waals surface area contributed by atoms with E-state index >= 15 is 0 Å². The van der Waals surface area contributed by atoms with E-state index in [4.69, 9.17) is 6.57 Å². The van der Waals surface area contributed by atoms with Crippen molar-refractivity contribution in [3.05, 3.63) is 83.2 Å². The van der Waals surface area contributed by atoms with Crippen molar-refractivity contribution in [2.45, 2.75) is 5.92 Å². The van der Waals surface area contributed by atoms with Crippen molar-refractivity contribution in [1.29, 1.82) is 0 Å². The predicted molar refractivity (Wildman–Crippen MR) is 78.4 cm³/mol. The molecule has 0 amide bonds. The Kier molecular flexibility index (Phi) is 3.35. The van der Waals surface area contributed by atoms with Crippen molar-refractivity contribution in [1.82, 2.24) is 0 Å². The summed E-state index contributed by atoms with van der Waals surface area (Å²) in [5, 5.41) is 0. The summed E-state index contributed by atoms with van der Waals surface area (Å²) in [5.41, 5.74) is 1.93. The number of carbonyl (C=O) groups is 1. The number of hydrogen-bond donors (Lipinski definition) is 0. The fourth-order valence-corrected chi connectivity index (χ4v) is 2.99. The highest BCUT2D eigenvalue weighted by Gasteiger charge is 2.57. The van der Waals surface area contributed by atoms with Crippen molar-refractivity contribution < 1.29 is 4.79 Å². The van der Waals surface area contributed by atoms with Crippen LogP contribution in [0.2, 0.25) is 0 Å². The molecule has 1 aliphatic rings. The topological polar surface area (TPSA) is 21.4 Å². The number of benzene rings is 2. The summed E-state index contributed by atoms with van der Waals surface area (Å²) in [6, 6.07) is 19.5. The second-order valence-electron chi connectivity index (χ2n) is 5.20. The van der Waals surface area contributed by atoms with E-state index in [9.17, 15) is 4.79 Å². The number of ketones is 1. The third-order valence-electron chi connectivity index (χ3n) is 4.02. The molecule has 1 aliphatic carbocycles. The molecule has 1 fully saturated rings. The summed E-state index contributed by atoms with van der Waals surface area (Å²) >= 11 is 0. The van der Waals surface area contributed by atoms with E-state index in [2.05, 4.69) is 17.0 Å². The molecule has 0 bridgehead atoms. The summed E-state index contributed by atoms with van der Waals surface area (Å²) in [5.74, 6) is 0.516. The van der Waals surface area contributed by atoms with Crippen LogP contribution in [0.5, 0.6) is 0 Å². The third kappa shape index (κ3) is 2.23. The molecule has 0 saturated heterocycles. The molecular weight excluding hydrogens is 246 g/mol. The smallest absolute Gasteiger partial charge is 0.218 e. The van der Waals surface area contributed by atoms with E-state index in [1.54, 1.807) is 0 Å². The lowest BCUT2D eigenvalue weighted by Crippen LogP contribution is -2.04. The van der Waals surface area contributed by atoms with E-state index in [0.717, 1.165) is 5.56 Å². The van der Waals surface area contributed by atoms with Crippen molar-refractivity contribution in [3.8, 4) is 0 Å². The standard InChI is InChI=1S/C18H15NO/c1-19-12-15-16(13-8-4-2-5-9-13)17(15)18(20)14-10-6-3-7-11-14/h2-11,15-17H,12H2/t15-,16+,17+/m0/s1. The molecule has 2 aromatic rings. The lowest BCUT2D eigenvalue weighted by atomic mass is 10.0. The molecule has 0 spiro atoms. The number of Topliss-reactive ketones (excluding diaryl/α,β-unsaturated/α-hetero) is 1. The van der Waals surface area contributed by atoms with Gasteiger partial charge in [-0.3, -0.25) is 4.79 Å². The van der Waals surface area contributed by atoms with Crippen LogP contribution in [-0.2, 0) is 0 Å². The number of rotatable bonds is 4. The Labute approximate surface area is 118 Å². The van der Waals surface area contributed by atoms with Crippen molar-refractivity contribution in [2.24, 2.45) is 11.8 Å². The fraction of sp³-hybridized carbons (Fsp3) is 0.222. The number of hydrogen-bond acceptors (Lipinski definition) is 1. The minimum Gasteiger partial charge on any atom is -0.317 e. The third-order valence-corrected chi connectivity index (χ3v) is 4.02. The van der Waals surface area contributed by atoms with Gasteiger partial charge in [0.1, 0.15) is 0 Å². The van der Waals surface area contributed by atoms with Crippen molar-refractivity contribution >= 4 is 5.78 Å². The summed E-state index contributed by atoms with van der Waals surface area (Å²) in [6.07, 6.45) is 0. The zero-order valence-corrected chi connectivity index (χ0v) is 11.1. The molecule has 0 aromatic heterocycles. The van der Waals surface area contributed by atoms with Crippen LogP contribution in [0.15, 0.2) is 60.7 Å². The Bertz CT molecular complexity index is 642. The Morgan fingerprint density at radius 1 is 1.00 bits per heavy atom. The molecule has 0 aliphatic heterocycles. The summed E-state index contributed by atoms with van der Waals surface area (Å²) in [7, 11) is 0. The maximum Gasteiger partial charge on any atom is 0.218 e. The van der Waals surface area contributed by atoms with E-state index < -0.39 is 0 Å². The molecule has 3 atom stereocenters. The van der Waals surface area contributed by atoms with Crippen LogP contribution < -0.4 is 0 Å². The van der Waals surface area contributed by atoms with Crippen LogP contribution in [0.25, 0.3) is 4.85 Å². The van der Waals surface area contributed by atoms with Crippen LogP contribution in [0.1, 0.15) is 21.8 Å². The highest BCUT2D eigenvalue weighted by atomic mass is 16.1. The highest BCUT2D eigenvalue weighted by Crippen LogP contribution is 2.55. The van der Waals surface area contributed by atoms with Gasteiger partial charge in [0.15, 0.2) is 5.78 Å². The first-order valence-electron chi connectivity index (χ1n) is 6.80. The zero-order valence-electron chi connectivity index (χ0n) is 11.1. The van der Waals surface area contributed by atoms with Gasteiger partial charge in [0.2, 0.25) is 6.54 Å². The Morgan fingerprint density at radius 2 is 1.60 bits per heavy atom. The van der Waals surface area contributed by atoms with Crippen LogP contribution >= 0.6 is 0 Å². The van der Waals surface area contributed by atoms with Gasteiger partial charge in [0.25, 0.3) is 0 Å². The van der Waals surface area contributed by atoms with Gasteiger partial charge in [-0.15, -0.1) is 0 Å². The van der Waals surface area contributed by atoms with Gasteiger partial charge in [0.05, 0.1) is 0 Å². The van der Waals surface area contributed by atoms with Gasteiger partial charge in [-0.05, 0) is 5.56 Å². The van der Waals surface area contributed by atoms with Crippen LogP contribution in [0, 0.1) is 18.4 Å². The molecule has 1 saturated carbocycles. The van der Waals surface area contributed by atoms with Gasteiger partial charge in [-0.2, -0.15) is 0 Å². The van der Waals surface area contributed by atoms with E-state index in [1.807, 2.05) is 48.5 Å². The van der Waals surface area contributed by atoms with Crippen LogP contribution in [0.3, 0.4) is 0 Å². The minimum atomic E-state index is -0.0334. The fourth-order valence-electron chi connectivity index (χ4n) is 2.99. The summed E-state index contributed by atoms with van der Waals surface area (Å²) in [6.45, 7) is 7.51. The van der Waals surface area contributed by atoms with Gasteiger partial charge in [0, 0.05) is 23.3 Å². The first-order valence-corrected chi connectivity index (χ1v) is 6.80. The second kappa shape index (κ2) is 5.30. The first-order chi connectivity index (χ1) is 9.83. The Morgan fingerprint density at radius 3 is 2.20 bits per heavy atom. The summed E-state index contributed by atoms with van der Waals surface area (Å²) in [4.78, 5) is 16.1. The molecule has 2 heteroatoms. The van der Waals surface area contributed by atoms with Crippen molar-refractivity contribution in [2.75, 3.05) is 6.54 Å². The highest BCUT2D eigenvalue weighted by molar-refractivity contribution is 6.00. The van der Waals surface area contributed by atoms with Crippen LogP contribution in [-0.4, -0.2) is 12.3 Å². The zero-order chi connectivity index (χ0) is 13.9. The quantitative estimate of drug-likeness (QED) is 0.605. The molecule has 20 heavy (non-hydrogen) atoms. The minimum absolute atomic E-state index is 0.0334. The van der Waals surface area contributed by atoms with Crippen LogP contribution in [0.4, 0.5) is 0 Å². The van der Waals surface area contributed by atoms with Gasteiger partial charge < -0.3 is 4.85 Å². The number of carbonyl (C=O) groups excluding carboxylic acids is 1. The maximum absolute atomic E-state index is 12.6. The van der Waals surface area contributed by atoms with Gasteiger partial charge in [-0.1, -0.05) is 60.7 Å². The molecule has 98 valence electrons. The average Bonchev–Trinajstić information content (AvgIpc) is 3.23.